The number of aromatic nitrogens is 2. The van der Waals surface area contributed by atoms with E-state index < -0.39 is 0 Å². The van der Waals surface area contributed by atoms with Crippen LogP contribution < -0.4 is 15.2 Å². The standard InChI is InChI=1S/C17H13BrN4O2/c18-15(19)14-16(20)21-10-22-17(14)24-13-8-6-12(7-9-13)23-11-4-2-1-3-5-11/h1-10,19H,(H2,20,21,22). The van der Waals surface area contributed by atoms with E-state index in [2.05, 4.69) is 25.9 Å². The Hall–Kier alpha value is -2.93. The van der Waals surface area contributed by atoms with Crippen LogP contribution in [0.2, 0.25) is 0 Å². The highest BCUT2D eigenvalue weighted by atomic mass is 79.9. The van der Waals surface area contributed by atoms with E-state index in [-0.39, 0.29) is 16.3 Å². The van der Waals surface area contributed by atoms with E-state index in [0.717, 1.165) is 5.75 Å². The maximum atomic E-state index is 7.70. The van der Waals surface area contributed by atoms with Crippen LogP contribution in [0.1, 0.15) is 5.56 Å². The van der Waals surface area contributed by atoms with Crippen LogP contribution in [0.15, 0.2) is 60.9 Å². The zero-order valence-electron chi connectivity index (χ0n) is 12.4. The Bertz CT molecular complexity index is 854. The van der Waals surface area contributed by atoms with Crippen LogP contribution in [0.25, 0.3) is 0 Å². The molecule has 2 aromatic carbocycles. The molecule has 3 aromatic rings. The van der Waals surface area contributed by atoms with Crippen molar-refractivity contribution in [2.24, 2.45) is 0 Å². The van der Waals surface area contributed by atoms with E-state index in [1.165, 1.54) is 6.33 Å². The van der Waals surface area contributed by atoms with Crippen LogP contribution >= 0.6 is 15.9 Å². The molecule has 1 heterocycles. The average Bonchev–Trinajstić information content (AvgIpc) is 2.57. The Labute approximate surface area is 146 Å². The molecule has 0 saturated heterocycles. The third-order valence-electron chi connectivity index (χ3n) is 3.08. The summed E-state index contributed by atoms with van der Waals surface area (Å²) in [5.74, 6) is 2.37. The van der Waals surface area contributed by atoms with E-state index in [1.54, 1.807) is 24.3 Å². The summed E-state index contributed by atoms with van der Waals surface area (Å²) in [7, 11) is 0. The lowest BCUT2D eigenvalue weighted by molar-refractivity contribution is 0.455. The monoisotopic (exact) mass is 384 g/mol. The van der Waals surface area contributed by atoms with Crippen molar-refractivity contribution in [3.8, 4) is 23.1 Å². The SMILES string of the molecule is N=C(Br)c1c(N)ncnc1Oc1ccc(Oc2ccccc2)cc1. The number of benzene rings is 2. The Kier molecular flexibility index (Phi) is 4.72. The molecule has 0 bridgehead atoms. The quantitative estimate of drug-likeness (QED) is 0.637. The first-order chi connectivity index (χ1) is 11.6. The maximum Gasteiger partial charge on any atom is 0.234 e. The van der Waals surface area contributed by atoms with Crippen molar-refractivity contribution >= 4 is 26.4 Å². The van der Waals surface area contributed by atoms with Gasteiger partial charge in [0.05, 0.1) is 0 Å². The van der Waals surface area contributed by atoms with Gasteiger partial charge in [-0.2, -0.15) is 0 Å². The fourth-order valence-corrected chi connectivity index (χ4v) is 2.35. The number of rotatable bonds is 5. The molecule has 3 rings (SSSR count). The molecule has 1 aromatic heterocycles. The van der Waals surface area contributed by atoms with Gasteiger partial charge in [-0.3, -0.25) is 5.41 Å². The molecule has 0 unspecified atom stereocenters. The summed E-state index contributed by atoms with van der Waals surface area (Å²) >= 11 is 3.07. The van der Waals surface area contributed by atoms with Gasteiger partial charge in [-0.05, 0) is 52.3 Å². The Morgan fingerprint density at radius 1 is 0.875 bits per heavy atom. The van der Waals surface area contributed by atoms with Crippen molar-refractivity contribution in [1.29, 1.82) is 5.41 Å². The topological polar surface area (TPSA) is 94.1 Å². The van der Waals surface area contributed by atoms with Gasteiger partial charge in [-0.15, -0.1) is 0 Å². The van der Waals surface area contributed by atoms with Crippen LogP contribution in [-0.4, -0.2) is 14.6 Å². The highest BCUT2D eigenvalue weighted by Gasteiger charge is 2.14. The molecule has 6 nitrogen and oxygen atoms in total. The van der Waals surface area contributed by atoms with Gasteiger partial charge in [0.25, 0.3) is 0 Å². The Balaban J connectivity index is 1.78. The van der Waals surface area contributed by atoms with Gasteiger partial charge in [0.1, 0.15) is 39.6 Å². The molecule has 3 N–H and O–H groups in total. The number of halogens is 1. The van der Waals surface area contributed by atoms with Gasteiger partial charge >= 0.3 is 0 Å². The molecule has 0 radical (unpaired) electrons. The second kappa shape index (κ2) is 7.10. The molecule has 0 atom stereocenters. The van der Waals surface area contributed by atoms with Crippen molar-refractivity contribution in [3.05, 3.63) is 66.5 Å². The third-order valence-corrected chi connectivity index (χ3v) is 3.47. The van der Waals surface area contributed by atoms with Gasteiger partial charge in [0.15, 0.2) is 0 Å². The van der Waals surface area contributed by atoms with Gasteiger partial charge in [-0.1, -0.05) is 18.2 Å². The average molecular weight is 385 g/mol. The van der Waals surface area contributed by atoms with Crippen LogP contribution in [0, 0.1) is 5.41 Å². The minimum absolute atomic E-state index is 0.0552. The summed E-state index contributed by atoms with van der Waals surface area (Å²) < 4.78 is 11.5. The molecule has 0 aliphatic carbocycles. The molecule has 0 fully saturated rings. The van der Waals surface area contributed by atoms with Crippen molar-refractivity contribution < 1.29 is 9.47 Å². The van der Waals surface area contributed by atoms with Crippen LogP contribution in [0.5, 0.6) is 23.1 Å². The number of hydrogen-bond donors (Lipinski definition) is 2. The lowest BCUT2D eigenvalue weighted by Gasteiger charge is -2.10. The second-order valence-corrected chi connectivity index (χ2v) is 5.53. The first-order valence-electron chi connectivity index (χ1n) is 6.99. The molecule has 0 saturated carbocycles. The molecule has 7 heteroatoms. The van der Waals surface area contributed by atoms with Crippen LogP contribution in [-0.2, 0) is 0 Å². The lowest BCUT2D eigenvalue weighted by atomic mass is 10.3. The van der Waals surface area contributed by atoms with Gasteiger partial charge < -0.3 is 15.2 Å². The summed E-state index contributed by atoms with van der Waals surface area (Å²) in [6, 6.07) is 16.6. The van der Waals surface area contributed by atoms with E-state index in [4.69, 9.17) is 20.6 Å². The number of nitrogens with zero attached hydrogens (tertiary/aromatic N) is 2. The highest BCUT2D eigenvalue weighted by molar-refractivity contribution is 9.18. The first-order valence-corrected chi connectivity index (χ1v) is 7.78. The highest BCUT2D eigenvalue weighted by Crippen LogP contribution is 2.29. The van der Waals surface area contributed by atoms with E-state index in [0.29, 0.717) is 17.1 Å². The normalized spacial score (nSPS) is 10.2. The van der Waals surface area contributed by atoms with E-state index in [1.807, 2.05) is 30.3 Å². The number of nitrogens with two attached hydrogens (primary N) is 1. The predicted molar refractivity (Wildman–Crippen MR) is 95.2 cm³/mol. The fourth-order valence-electron chi connectivity index (χ4n) is 1.98. The molecule has 24 heavy (non-hydrogen) atoms. The van der Waals surface area contributed by atoms with E-state index >= 15 is 0 Å². The van der Waals surface area contributed by atoms with Crippen molar-refractivity contribution in [3.63, 3.8) is 0 Å². The first kappa shape index (κ1) is 15.9. The minimum Gasteiger partial charge on any atom is -0.457 e. The molecule has 0 aliphatic rings. The fraction of sp³-hybridized carbons (Fsp3) is 0. The summed E-state index contributed by atoms with van der Waals surface area (Å²) in [6.45, 7) is 0. The summed E-state index contributed by atoms with van der Waals surface area (Å²) in [4.78, 5) is 7.89. The second-order valence-electron chi connectivity index (χ2n) is 4.74. The van der Waals surface area contributed by atoms with E-state index in [9.17, 15) is 0 Å². The minimum atomic E-state index is 0.0552. The van der Waals surface area contributed by atoms with Crippen molar-refractivity contribution in [2.75, 3.05) is 5.73 Å². The summed E-state index contributed by atoms with van der Waals surface area (Å²) in [5, 5.41) is 7.70. The smallest absolute Gasteiger partial charge is 0.234 e. The van der Waals surface area contributed by atoms with Crippen molar-refractivity contribution in [2.45, 2.75) is 0 Å². The van der Waals surface area contributed by atoms with Crippen LogP contribution in [0.3, 0.4) is 0 Å². The predicted octanol–water partition coefficient (Wildman–Crippen LogP) is 4.36. The molecule has 0 amide bonds. The zero-order valence-corrected chi connectivity index (χ0v) is 14.0. The Morgan fingerprint density at radius 3 is 2.08 bits per heavy atom. The Morgan fingerprint density at radius 2 is 1.46 bits per heavy atom. The van der Waals surface area contributed by atoms with Gasteiger partial charge in [0.2, 0.25) is 5.88 Å². The molecule has 0 spiro atoms. The molecular formula is C17H13BrN4O2. The number of anilines is 1. The third kappa shape index (κ3) is 3.69. The largest absolute Gasteiger partial charge is 0.457 e. The zero-order chi connectivity index (χ0) is 16.9. The number of nitrogen functional groups attached to an aromatic ring is 1. The number of nitrogens with one attached hydrogen (secondary N) is 1. The van der Waals surface area contributed by atoms with Crippen LogP contribution in [0.4, 0.5) is 5.82 Å². The van der Waals surface area contributed by atoms with Gasteiger partial charge in [0, 0.05) is 0 Å². The van der Waals surface area contributed by atoms with Gasteiger partial charge in [-0.25, -0.2) is 9.97 Å². The lowest BCUT2D eigenvalue weighted by Crippen LogP contribution is -2.05. The summed E-state index contributed by atoms with van der Waals surface area (Å²) in [5.41, 5.74) is 6.07. The molecular weight excluding hydrogens is 372 g/mol. The maximum absolute atomic E-state index is 7.70. The van der Waals surface area contributed by atoms with Crippen molar-refractivity contribution in [1.82, 2.24) is 9.97 Å². The number of hydrogen-bond acceptors (Lipinski definition) is 6. The molecule has 120 valence electrons. The molecule has 0 aliphatic heterocycles. The number of ether oxygens (including phenoxy) is 2. The summed E-state index contributed by atoms with van der Waals surface area (Å²) in [6.07, 6.45) is 1.29. The number of para-hydroxylation sites is 1.